The second-order valence-corrected chi connectivity index (χ2v) is 10.1. The quantitative estimate of drug-likeness (QED) is 0.446. The number of likely N-dealkylation sites (tertiary alicyclic amines) is 1. The van der Waals surface area contributed by atoms with Gasteiger partial charge in [0.25, 0.3) is 0 Å². The molecule has 30 heavy (non-hydrogen) atoms. The van der Waals surface area contributed by atoms with Crippen molar-refractivity contribution in [2.24, 2.45) is 0 Å². The Morgan fingerprint density at radius 1 is 1.17 bits per heavy atom. The Balaban J connectivity index is 3.02. The van der Waals surface area contributed by atoms with Crippen molar-refractivity contribution in [2.75, 3.05) is 26.0 Å². The van der Waals surface area contributed by atoms with Crippen LogP contribution >= 0.6 is 11.8 Å². The van der Waals surface area contributed by atoms with E-state index < -0.39 is 46.4 Å². The van der Waals surface area contributed by atoms with Crippen molar-refractivity contribution >= 4 is 35.7 Å². The summed E-state index contributed by atoms with van der Waals surface area (Å²) >= 11 is 1.19. The lowest BCUT2D eigenvalue weighted by molar-refractivity contribution is -0.151. The number of rotatable bonds is 8. The van der Waals surface area contributed by atoms with Gasteiger partial charge in [-0.25, -0.2) is 9.59 Å². The fourth-order valence-electron chi connectivity index (χ4n) is 3.10. The van der Waals surface area contributed by atoms with Crippen LogP contribution in [0, 0.1) is 0 Å². The SMILES string of the molecule is CCOC(=O)N[C@H](C(=O)N1CCCC1C(=O)OC)C(C)(C)SCC(=O)OC(C)(C)C. The van der Waals surface area contributed by atoms with Crippen LogP contribution in [0.3, 0.4) is 0 Å². The third kappa shape index (κ3) is 7.70. The molecule has 1 saturated heterocycles. The highest BCUT2D eigenvalue weighted by atomic mass is 32.2. The fourth-order valence-corrected chi connectivity index (χ4v) is 3.98. The minimum absolute atomic E-state index is 0.00101. The maximum atomic E-state index is 13.4. The minimum atomic E-state index is -1.02. The number of amides is 2. The lowest BCUT2D eigenvalue weighted by Gasteiger charge is -2.36. The van der Waals surface area contributed by atoms with E-state index in [0.717, 1.165) is 0 Å². The second kappa shape index (κ2) is 10.9. The molecular weight excluding hydrogens is 412 g/mol. The average molecular weight is 447 g/mol. The molecular formula is C20H34N2O7S. The van der Waals surface area contributed by atoms with E-state index in [0.29, 0.717) is 19.4 Å². The number of hydrogen-bond donors (Lipinski definition) is 1. The number of nitrogens with zero attached hydrogens (tertiary/aromatic N) is 1. The van der Waals surface area contributed by atoms with Crippen LogP contribution in [0.15, 0.2) is 0 Å². The number of carbonyl (C=O) groups is 4. The lowest BCUT2D eigenvalue weighted by Crippen LogP contribution is -2.59. The number of alkyl carbamates (subject to hydrolysis) is 1. The summed E-state index contributed by atoms with van der Waals surface area (Å²) in [7, 11) is 1.28. The Morgan fingerprint density at radius 3 is 2.33 bits per heavy atom. The molecule has 0 spiro atoms. The number of hydrogen-bond acceptors (Lipinski definition) is 8. The molecule has 0 aromatic rings. The highest BCUT2D eigenvalue weighted by Crippen LogP contribution is 2.32. The van der Waals surface area contributed by atoms with Gasteiger partial charge in [0.05, 0.1) is 19.5 Å². The summed E-state index contributed by atoms with van der Waals surface area (Å²) in [5, 5.41) is 2.61. The summed E-state index contributed by atoms with van der Waals surface area (Å²) in [5.41, 5.74) is -0.622. The minimum Gasteiger partial charge on any atom is -0.467 e. The van der Waals surface area contributed by atoms with E-state index in [9.17, 15) is 19.2 Å². The van der Waals surface area contributed by atoms with E-state index in [4.69, 9.17) is 14.2 Å². The van der Waals surface area contributed by atoms with Crippen LogP contribution in [0.1, 0.15) is 54.4 Å². The highest BCUT2D eigenvalue weighted by Gasteiger charge is 2.44. The van der Waals surface area contributed by atoms with Gasteiger partial charge in [-0.2, -0.15) is 0 Å². The summed E-state index contributed by atoms with van der Waals surface area (Å²) in [6, 6.07) is -1.71. The van der Waals surface area contributed by atoms with E-state index in [2.05, 4.69) is 5.32 Å². The summed E-state index contributed by atoms with van der Waals surface area (Å²) in [4.78, 5) is 51.1. The van der Waals surface area contributed by atoms with E-state index in [1.807, 2.05) is 0 Å². The van der Waals surface area contributed by atoms with Crippen molar-refractivity contribution in [1.82, 2.24) is 10.2 Å². The van der Waals surface area contributed by atoms with E-state index in [1.165, 1.54) is 23.8 Å². The lowest BCUT2D eigenvalue weighted by atomic mass is 10.0. The van der Waals surface area contributed by atoms with Gasteiger partial charge in [0.2, 0.25) is 5.91 Å². The molecule has 1 unspecified atom stereocenters. The standard InChI is InChI=1S/C20H34N2O7S/c1-8-28-18(26)21-15(16(24)22-11-9-10-13(22)17(25)27-7)20(5,6)30-12-14(23)29-19(2,3)4/h13,15H,8-12H2,1-7H3,(H,21,26)/t13?,15-/m1/s1. The molecule has 1 heterocycles. The second-order valence-electron chi connectivity index (χ2n) is 8.49. The van der Waals surface area contributed by atoms with Gasteiger partial charge in [0.15, 0.2) is 0 Å². The number of esters is 2. The van der Waals surface area contributed by atoms with Crippen LogP contribution in [0.4, 0.5) is 4.79 Å². The number of methoxy groups -OCH3 is 1. The normalized spacial score (nSPS) is 17.8. The van der Waals surface area contributed by atoms with Gasteiger partial charge >= 0.3 is 18.0 Å². The van der Waals surface area contributed by atoms with Crippen LogP contribution in [0.5, 0.6) is 0 Å². The van der Waals surface area contributed by atoms with Crippen LogP contribution < -0.4 is 5.32 Å². The number of nitrogens with one attached hydrogen (secondary N) is 1. The van der Waals surface area contributed by atoms with Crippen molar-refractivity contribution in [3.05, 3.63) is 0 Å². The molecule has 1 rings (SSSR count). The first-order chi connectivity index (χ1) is 13.8. The van der Waals surface area contributed by atoms with Gasteiger partial charge in [0, 0.05) is 11.3 Å². The zero-order chi connectivity index (χ0) is 23.1. The molecule has 0 aromatic carbocycles. The van der Waals surface area contributed by atoms with Gasteiger partial charge in [0.1, 0.15) is 17.7 Å². The first-order valence-electron chi connectivity index (χ1n) is 9.99. The van der Waals surface area contributed by atoms with Crippen molar-refractivity contribution < 1.29 is 33.4 Å². The zero-order valence-corrected chi connectivity index (χ0v) is 19.7. The third-order valence-corrected chi connectivity index (χ3v) is 5.83. The van der Waals surface area contributed by atoms with Gasteiger partial charge < -0.3 is 24.4 Å². The first-order valence-corrected chi connectivity index (χ1v) is 11.0. The molecule has 9 nitrogen and oxygen atoms in total. The van der Waals surface area contributed by atoms with Crippen molar-refractivity contribution in [2.45, 2.75) is 76.8 Å². The van der Waals surface area contributed by atoms with Crippen molar-refractivity contribution in [3.8, 4) is 0 Å². The monoisotopic (exact) mass is 446 g/mol. The van der Waals surface area contributed by atoms with Gasteiger partial charge in [-0.3, -0.25) is 9.59 Å². The van der Waals surface area contributed by atoms with E-state index in [1.54, 1.807) is 41.5 Å². The Kier molecular flexibility index (Phi) is 9.45. The topological polar surface area (TPSA) is 111 Å². The predicted octanol–water partition coefficient (Wildman–Crippen LogP) is 2.12. The Morgan fingerprint density at radius 2 is 1.80 bits per heavy atom. The van der Waals surface area contributed by atoms with Crippen molar-refractivity contribution in [3.63, 3.8) is 0 Å². The molecule has 1 aliphatic heterocycles. The maximum Gasteiger partial charge on any atom is 0.407 e. The molecule has 1 N–H and O–H groups in total. The van der Waals surface area contributed by atoms with E-state index >= 15 is 0 Å². The Labute approximate surface area is 182 Å². The number of ether oxygens (including phenoxy) is 3. The molecule has 10 heteroatoms. The van der Waals surface area contributed by atoms with Gasteiger partial charge in [-0.15, -0.1) is 11.8 Å². The summed E-state index contributed by atoms with van der Waals surface area (Å²) in [6.07, 6.45) is 0.412. The smallest absolute Gasteiger partial charge is 0.407 e. The molecule has 2 atom stereocenters. The summed E-state index contributed by atoms with van der Waals surface area (Å²) < 4.78 is 14.2. The van der Waals surface area contributed by atoms with Gasteiger partial charge in [-0.1, -0.05) is 0 Å². The van der Waals surface area contributed by atoms with Crippen LogP contribution in [-0.4, -0.2) is 77.3 Å². The average Bonchev–Trinajstić information content (AvgIpc) is 3.12. The summed E-state index contributed by atoms with van der Waals surface area (Å²) in [5.74, 6) is -1.33. The highest BCUT2D eigenvalue weighted by molar-refractivity contribution is 8.01. The van der Waals surface area contributed by atoms with Crippen LogP contribution in [-0.2, 0) is 28.6 Å². The molecule has 0 radical (unpaired) electrons. The number of carbonyl (C=O) groups excluding carboxylic acids is 4. The van der Waals surface area contributed by atoms with E-state index in [-0.39, 0.29) is 12.4 Å². The molecule has 1 fully saturated rings. The Bertz CT molecular complexity index is 646. The molecule has 0 aromatic heterocycles. The molecule has 172 valence electrons. The fraction of sp³-hybridized carbons (Fsp3) is 0.800. The summed E-state index contributed by atoms with van der Waals surface area (Å²) in [6.45, 7) is 11.0. The van der Waals surface area contributed by atoms with Crippen LogP contribution in [0.2, 0.25) is 0 Å². The first kappa shape index (κ1) is 26.1. The molecule has 2 amide bonds. The zero-order valence-electron chi connectivity index (χ0n) is 18.9. The largest absolute Gasteiger partial charge is 0.467 e. The molecule has 1 aliphatic rings. The molecule has 0 aliphatic carbocycles. The third-order valence-electron chi connectivity index (χ3n) is 4.47. The molecule has 0 bridgehead atoms. The predicted molar refractivity (Wildman–Crippen MR) is 113 cm³/mol. The van der Waals surface area contributed by atoms with Gasteiger partial charge in [-0.05, 0) is 54.4 Å². The van der Waals surface area contributed by atoms with Crippen LogP contribution in [0.25, 0.3) is 0 Å². The maximum absolute atomic E-state index is 13.4. The molecule has 0 saturated carbocycles. The van der Waals surface area contributed by atoms with Crippen molar-refractivity contribution in [1.29, 1.82) is 0 Å². The Hall–Kier alpha value is -1.97. The number of thioether (sulfide) groups is 1.